The molecule has 0 atom stereocenters. The molecule has 0 saturated heterocycles. The number of rotatable bonds is 4. The summed E-state index contributed by atoms with van der Waals surface area (Å²) in [4.78, 5) is 0. The zero-order chi connectivity index (χ0) is 6.95. The molecule has 0 aliphatic carbocycles. The van der Waals surface area contributed by atoms with Crippen molar-refractivity contribution in [3.63, 3.8) is 0 Å². The average molecular weight is 126 g/mol. The summed E-state index contributed by atoms with van der Waals surface area (Å²) in [5.74, 6) is 0. The molecule has 0 unspecified atom stereocenters. The summed E-state index contributed by atoms with van der Waals surface area (Å²) in [6.45, 7) is 2.34. The molecule has 0 aromatic carbocycles. The van der Waals surface area contributed by atoms with Crippen molar-refractivity contribution < 1.29 is 5.11 Å². The van der Waals surface area contributed by atoms with Crippen molar-refractivity contribution in [1.29, 1.82) is 0 Å². The van der Waals surface area contributed by atoms with Gasteiger partial charge < -0.3 is 5.11 Å². The van der Waals surface area contributed by atoms with E-state index in [0.717, 1.165) is 12.8 Å². The van der Waals surface area contributed by atoms with Gasteiger partial charge in [-0.05, 0) is 12.8 Å². The quantitative estimate of drug-likeness (QED) is 0.570. The summed E-state index contributed by atoms with van der Waals surface area (Å²) in [6.07, 6.45) is 9.81. The van der Waals surface area contributed by atoms with Crippen LogP contribution in [0.1, 0.15) is 19.8 Å². The molecule has 0 aromatic heterocycles. The molecule has 52 valence electrons. The first-order valence-corrected chi connectivity index (χ1v) is 3.34. The van der Waals surface area contributed by atoms with Crippen molar-refractivity contribution in [3.05, 3.63) is 24.3 Å². The molecule has 1 N–H and O–H groups in total. The van der Waals surface area contributed by atoms with Crippen LogP contribution in [0.2, 0.25) is 0 Å². The molecule has 0 bridgehead atoms. The molecule has 0 saturated carbocycles. The molecule has 0 radical (unpaired) electrons. The van der Waals surface area contributed by atoms with E-state index in [1.54, 1.807) is 0 Å². The third kappa shape index (κ3) is 7.44. The van der Waals surface area contributed by atoms with Crippen LogP contribution in [-0.2, 0) is 0 Å². The van der Waals surface area contributed by atoms with Gasteiger partial charge in [-0.2, -0.15) is 0 Å². The summed E-state index contributed by atoms with van der Waals surface area (Å²) < 4.78 is 0. The average Bonchev–Trinajstić information content (AvgIpc) is 1.89. The summed E-state index contributed by atoms with van der Waals surface area (Å²) in [5.41, 5.74) is 0. The molecule has 9 heavy (non-hydrogen) atoms. The smallest absolute Gasteiger partial charge is 0.0465 e. The highest BCUT2D eigenvalue weighted by Crippen LogP contribution is 1.84. The first-order chi connectivity index (χ1) is 4.41. The van der Waals surface area contributed by atoms with E-state index in [0.29, 0.717) is 0 Å². The number of allylic oxidation sites excluding steroid dienone is 3. The van der Waals surface area contributed by atoms with Crippen LogP contribution in [-0.4, -0.2) is 11.7 Å². The van der Waals surface area contributed by atoms with Crippen molar-refractivity contribution in [1.82, 2.24) is 0 Å². The zero-order valence-corrected chi connectivity index (χ0v) is 5.88. The highest BCUT2D eigenvalue weighted by Gasteiger charge is 1.69. The van der Waals surface area contributed by atoms with E-state index >= 15 is 0 Å². The normalized spacial score (nSPS) is 11.8. The second-order valence-electron chi connectivity index (χ2n) is 1.78. The Morgan fingerprint density at radius 3 is 2.44 bits per heavy atom. The topological polar surface area (TPSA) is 20.2 Å². The van der Waals surface area contributed by atoms with Crippen LogP contribution < -0.4 is 0 Å². The molecule has 0 aliphatic heterocycles. The van der Waals surface area contributed by atoms with Crippen LogP contribution in [0.4, 0.5) is 0 Å². The molecule has 0 fully saturated rings. The lowest BCUT2D eigenvalue weighted by Gasteiger charge is -1.79. The Balaban J connectivity index is 3.13. The first kappa shape index (κ1) is 8.44. The first-order valence-electron chi connectivity index (χ1n) is 3.34. The molecular weight excluding hydrogens is 112 g/mol. The Morgan fingerprint density at radius 1 is 1.22 bits per heavy atom. The summed E-state index contributed by atoms with van der Waals surface area (Å²) >= 11 is 0. The molecule has 1 nitrogen and oxygen atoms in total. The minimum Gasteiger partial charge on any atom is -0.396 e. The Morgan fingerprint density at radius 2 is 1.89 bits per heavy atom. The Bertz CT molecular complexity index is 92.7. The maximum Gasteiger partial charge on any atom is 0.0465 e. The molecule has 0 heterocycles. The predicted molar refractivity (Wildman–Crippen MR) is 40.3 cm³/mol. The van der Waals surface area contributed by atoms with Crippen molar-refractivity contribution >= 4 is 0 Å². The number of hydrogen-bond donors (Lipinski definition) is 1. The van der Waals surface area contributed by atoms with Gasteiger partial charge in [0.1, 0.15) is 0 Å². The van der Waals surface area contributed by atoms with Gasteiger partial charge in [-0.25, -0.2) is 0 Å². The Hall–Kier alpha value is -0.560. The number of aliphatic hydroxyl groups is 1. The number of hydrogen-bond acceptors (Lipinski definition) is 1. The third-order valence-corrected chi connectivity index (χ3v) is 0.915. The van der Waals surface area contributed by atoms with Crippen LogP contribution in [0.15, 0.2) is 24.3 Å². The monoisotopic (exact) mass is 126 g/mol. The molecule has 0 aromatic rings. The van der Waals surface area contributed by atoms with E-state index in [9.17, 15) is 0 Å². The Kier molecular flexibility index (Phi) is 6.98. The van der Waals surface area contributed by atoms with E-state index < -0.39 is 0 Å². The van der Waals surface area contributed by atoms with Gasteiger partial charge in [0.05, 0.1) is 0 Å². The van der Waals surface area contributed by atoms with Gasteiger partial charge in [0.25, 0.3) is 0 Å². The van der Waals surface area contributed by atoms with Gasteiger partial charge in [-0.1, -0.05) is 31.2 Å². The van der Waals surface area contributed by atoms with Gasteiger partial charge in [0.15, 0.2) is 0 Å². The van der Waals surface area contributed by atoms with E-state index in [1.807, 2.05) is 18.2 Å². The van der Waals surface area contributed by atoms with E-state index in [2.05, 4.69) is 13.0 Å². The SMILES string of the molecule is CC/C=C/C=CCCO. The fourth-order valence-corrected chi connectivity index (χ4v) is 0.464. The molecule has 0 aliphatic rings. The van der Waals surface area contributed by atoms with Crippen LogP contribution in [0.25, 0.3) is 0 Å². The maximum atomic E-state index is 8.35. The Labute approximate surface area is 56.7 Å². The standard InChI is InChI=1S/C8H14O/c1-2-3-4-5-6-7-8-9/h3-6,9H,2,7-8H2,1H3/b4-3+,6-5?. The van der Waals surface area contributed by atoms with Crippen molar-refractivity contribution in [2.45, 2.75) is 19.8 Å². The van der Waals surface area contributed by atoms with Gasteiger partial charge in [0.2, 0.25) is 0 Å². The van der Waals surface area contributed by atoms with Gasteiger partial charge in [0, 0.05) is 6.61 Å². The molecule has 0 spiro atoms. The third-order valence-electron chi connectivity index (χ3n) is 0.915. The van der Waals surface area contributed by atoms with Crippen molar-refractivity contribution in [3.8, 4) is 0 Å². The van der Waals surface area contributed by atoms with Crippen molar-refractivity contribution in [2.24, 2.45) is 0 Å². The molecular formula is C8H14O. The van der Waals surface area contributed by atoms with Crippen LogP contribution >= 0.6 is 0 Å². The predicted octanol–water partition coefficient (Wildman–Crippen LogP) is 1.89. The second kappa shape index (κ2) is 7.44. The summed E-state index contributed by atoms with van der Waals surface area (Å²) in [7, 11) is 0. The molecule has 0 amide bonds. The summed E-state index contributed by atoms with van der Waals surface area (Å²) in [6, 6.07) is 0. The zero-order valence-electron chi connectivity index (χ0n) is 5.88. The maximum absolute atomic E-state index is 8.35. The van der Waals surface area contributed by atoms with E-state index in [1.165, 1.54) is 0 Å². The largest absolute Gasteiger partial charge is 0.396 e. The van der Waals surface area contributed by atoms with E-state index in [4.69, 9.17) is 5.11 Å². The number of aliphatic hydroxyl groups excluding tert-OH is 1. The lowest BCUT2D eigenvalue weighted by Crippen LogP contribution is -1.73. The van der Waals surface area contributed by atoms with Crippen LogP contribution in [0.3, 0.4) is 0 Å². The van der Waals surface area contributed by atoms with Crippen molar-refractivity contribution in [2.75, 3.05) is 6.61 Å². The minimum absolute atomic E-state index is 0.246. The highest BCUT2D eigenvalue weighted by molar-refractivity contribution is 5.01. The summed E-state index contributed by atoms with van der Waals surface area (Å²) in [5, 5.41) is 8.35. The fourth-order valence-electron chi connectivity index (χ4n) is 0.464. The lowest BCUT2D eigenvalue weighted by molar-refractivity contribution is 0.302. The fraction of sp³-hybridized carbons (Fsp3) is 0.500. The van der Waals surface area contributed by atoms with Crippen LogP contribution in [0.5, 0.6) is 0 Å². The highest BCUT2D eigenvalue weighted by atomic mass is 16.2. The van der Waals surface area contributed by atoms with E-state index in [-0.39, 0.29) is 6.61 Å². The molecule has 1 heteroatoms. The van der Waals surface area contributed by atoms with Gasteiger partial charge >= 0.3 is 0 Å². The van der Waals surface area contributed by atoms with Gasteiger partial charge in [-0.3, -0.25) is 0 Å². The molecule has 0 rings (SSSR count). The lowest BCUT2D eigenvalue weighted by atomic mass is 10.3. The minimum atomic E-state index is 0.246. The van der Waals surface area contributed by atoms with Crippen LogP contribution in [0, 0.1) is 0 Å². The second-order valence-corrected chi connectivity index (χ2v) is 1.78. The van der Waals surface area contributed by atoms with Gasteiger partial charge in [-0.15, -0.1) is 0 Å².